The highest BCUT2D eigenvalue weighted by atomic mass is 79.9. The van der Waals surface area contributed by atoms with Crippen LogP contribution < -0.4 is 0 Å². The fraction of sp³-hybridized carbons (Fsp3) is 0. The van der Waals surface area contributed by atoms with E-state index in [2.05, 4.69) is 30.9 Å². The van der Waals surface area contributed by atoms with Gasteiger partial charge in [0.2, 0.25) is 0 Å². The van der Waals surface area contributed by atoms with Crippen LogP contribution in [0.4, 0.5) is 0 Å². The molecule has 3 nitrogen and oxygen atoms in total. The fourth-order valence-corrected chi connectivity index (χ4v) is 1.95. The molecule has 2 rings (SSSR count). The van der Waals surface area contributed by atoms with Crippen molar-refractivity contribution in [2.75, 3.05) is 0 Å². The molecule has 0 amide bonds. The molecular formula is C7H4BrN3S. The van der Waals surface area contributed by atoms with E-state index in [1.165, 1.54) is 0 Å². The summed E-state index contributed by atoms with van der Waals surface area (Å²) in [7, 11) is 0. The predicted molar refractivity (Wildman–Crippen MR) is 50.8 cm³/mol. The third-order valence-electron chi connectivity index (χ3n) is 1.26. The zero-order valence-corrected chi connectivity index (χ0v) is 8.34. The van der Waals surface area contributed by atoms with E-state index in [1.807, 2.05) is 0 Å². The molecule has 0 aliphatic carbocycles. The highest BCUT2D eigenvalue weighted by Crippen LogP contribution is 2.25. The number of hydrogen-bond donors (Lipinski definition) is 0. The summed E-state index contributed by atoms with van der Waals surface area (Å²) in [6.45, 7) is 0. The van der Waals surface area contributed by atoms with Gasteiger partial charge < -0.3 is 0 Å². The molecule has 0 atom stereocenters. The first kappa shape index (κ1) is 7.82. The maximum atomic E-state index is 4.16. The Balaban J connectivity index is 2.45. The Morgan fingerprint density at radius 1 is 1.17 bits per heavy atom. The number of thiazole rings is 1. The largest absolute Gasteiger partial charge is 0.261 e. The Kier molecular flexibility index (Phi) is 2.14. The highest BCUT2D eigenvalue weighted by Gasteiger charge is 2.02. The Morgan fingerprint density at radius 3 is 2.67 bits per heavy atom. The molecule has 12 heavy (non-hydrogen) atoms. The van der Waals surface area contributed by atoms with Crippen molar-refractivity contribution >= 4 is 27.3 Å². The summed E-state index contributed by atoms with van der Waals surface area (Å²) in [4.78, 5) is 12.2. The topological polar surface area (TPSA) is 38.7 Å². The van der Waals surface area contributed by atoms with E-state index in [1.54, 1.807) is 36.1 Å². The molecule has 60 valence electrons. The molecule has 2 aromatic heterocycles. The van der Waals surface area contributed by atoms with Gasteiger partial charge in [0, 0.05) is 12.4 Å². The second-order valence-electron chi connectivity index (χ2n) is 2.06. The van der Waals surface area contributed by atoms with Crippen LogP contribution in [-0.2, 0) is 0 Å². The normalized spacial score (nSPS) is 10.1. The monoisotopic (exact) mass is 241 g/mol. The molecule has 0 N–H and O–H groups in total. The lowest BCUT2D eigenvalue weighted by Crippen LogP contribution is -1.81. The number of halogens is 1. The van der Waals surface area contributed by atoms with E-state index in [0.29, 0.717) is 0 Å². The molecule has 0 aromatic carbocycles. The molecule has 0 aliphatic heterocycles. The van der Waals surface area contributed by atoms with Crippen molar-refractivity contribution in [2.24, 2.45) is 0 Å². The van der Waals surface area contributed by atoms with Crippen molar-refractivity contribution in [3.05, 3.63) is 28.6 Å². The summed E-state index contributed by atoms with van der Waals surface area (Å²) < 4.78 is 1.00. The van der Waals surface area contributed by atoms with Gasteiger partial charge >= 0.3 is 0 Å². The van der Waals surface area contributed by atoms with Crippen LogP contribution in [0.25, 0.3) is 10.7 Å². The van der Waals surface area contributed by atoms with Crippen molar-refractivity contribution in [2.45, 2.75) is 0 Å². The SMILES string of the molecule is Brc1cnc(-c2cnccn2)s1. The van der Waals surface area contributed by atoms with Crippen molar-refractivity contribution in [3.63, 3.8) is 0 Å². The number of rotatable bonds is 1. The standard InChI is InChI=1S/C7H4BrN3S/c8-6-4-11-7(12-6)5-3-9-1-2-10-5/h1-4H. The molecule has 5 heteroatoms. The van der Waals surface area contributed by atoms with E-state index in [9.17, 15) is 0 Å². The van der Waals surface area contributed by atoms with Crippen molar-refractivity contribution in [3.8, 4) is 10.7 Å². The molecule has 0 fully saturated rings. The van der Waals surface area contributed by atoms with E-state index >= 15 is 0 Å². The van der Waals surface area contributed by atoms with Gasteiger partial charge in [0.05, 0.1) is 16.2 Å². The Hall–Kier alpha value is -0.810. The first-order chi connectivity index (χ1) is 5.86. The summed E-state index contributed by atoms with van der Waals surface area (Å²) in [6, 6.07) is 0. The zero-order valence-electron chi connectivity index (χ0n) is 5.94. The lowest BCUT2D eigenvalue weighted by Gasteiger charge is -1.90. The Morgan fingerprint density at radius 2 is 2.08 bits per heavy atom. The lowest BCUT2D eigenvalue weighted by molar-refractivity contribution is 1.19. The second kappa shape index (κ2) is 3.28. The first-order valence-corrected chi connectivity index (χ1v) is 4.85. The summed E-state index contributed by atoms with van der Waals surface area (Å²) in [5.41, 5.74) is 0.813. The quantitative estimate of drug-likeness (QED) is 0.770. The molecule has 0 spiro atoms. The minimum absolute atomic E-state index is 0.813. The van der Waals surface area contributed by atoms with E-state index in [4.69, 9.17) is 0 Å². The van der Waals surface area contributed by atoms with Crippen molar-refractivity contribution < 1.29 is 0 Å². The first-order valence-electron chi connectivity index (χ1n) is 3.24. The van der Waals surface area contributed by atoms with Gasteiger partial charge in [-0.15, -0.1) is 11.3 Å². The van der Waals surface area contributed by atoms with Crippen LogP contribution in [0.2, 0.25) is 0 Å². The van der Waals surface area contributed by atoms with E-state index in [-0.39, 0.29) is 0 Å². The fourth-order valence-electron chi connectivity index (χ4n) is 0.782. The van der Waals surface area contributed by atoms with Crippen LogP contribution in [-0.4, -0.2) is 15.0 Å². The molecule has 0 aliphatic rings. The zero-order chi connectivity index (χ0) is 8.39. The van der Waals surface area contributed by atoms with Crippen LogP contribution in [0, 0.1) is 0 Å². The maximum absolute atomic E-state index is 4.16. The lowest BCUT2D eigenvalue weighted by atomic mass is 10.5. The Bertz CT molecular complexity index is 373. The third kappa shape index (κ3) is 1.51. The van der Waals surface area contributed by atoms with Gasteiger partial charge in [-0.05, 0) is 15.9 Å². The van der Waals surface area contributed by atoms with Gasteiger partial charge in [0.1, 0.15) is 10.7 Å². The van der Waals surface area contributed by atoms with Gasteiger partial charge in [-0.3, -0.25) is 9.97 Å². The Labute approximate surface area is 81.7 Å². The van der Waals surface area contributed by atoms with Gasteiger partial charge in [-0.1, -0.05) is 0 Å². The van der Waals surface area contributed by atoms with E-state index < -0.39 is 0 Å². The van der Waals surface area contributed by atoms with E-state index in [0.717, 1.165) is 14.5 Å². The summed E-state index contributed by atoms with van der Waals surface area (Å²) in [5, 5.41) is 0.884. The van der Waals surface area contributed by atoms with Crippen LogP contribution in [0.15, 0.2) is 28.6 Å². The van der Waals surface area contributed by atoms with Gasteiger partial charge in [0.25, 0.3) is 0 Å². The van der Waals surface area contributed by atoms with Crippen LogP contribution in [0.3, 0.4) is 0 Å². The summed E-state index contributed by atoms with van der Waals surface area (Å²) in [6.07, 6.45) is 6.76. The van der Waals surface area contributed by atoms with Gasteiger partial charge in [-0.25, -0.2) is 4.98 Å². The molecule has 2 heterocycles. The van der Waals surface area contributed by atoms with Crippen LogP contribution >= 0.6 is 27.3 Å². The maximum Gasteiger partial charge on any atom is 0.144 e. The predicted octanol–water partition coefficient (Wildman–Crippen LogP) is 2.36. The number of nitrogens with zero attached hydrogens (tertiary/aromatic N) is 3. The molecular weight excluding hydrogens is 238 g/mol. The molecule has 0 radical (unpaired) electrons. The molecule has 0 saturated carbocycles. The second-order valence-corrected chi connectivity index (χ2v) is 4.47. The average Bonchev–Trinajstić information content (AvgIpc) is 2.54. The smallest absolute Gasteiger partial charge is 0.144 e. The van der Waals surface area contributed by atoms with Crippen LogP contribution in [0.1, 0.15) is 0 Å². The summed E-state index contributed by atoms with van der Waals surface area (Å²) in [5.74, 6) is 0. The average molecular weight is 242 g/mol. The molecule has 0 saturated heterocycles. The van der Waals surface area contributed by atoms with Crippen molar-refractivity contribution in [1.82, 2.24) is 15.0 Å². The molecule has 0 unspecified atom stereocenters. The minimum Gasteiger partial charge on any atom is -0.261 e. The molecule has 0 bridgehead atoms. The van der Waals surface area contributed by atoms with Gasteiger partial charge in [0.15, 0.2) is 0 Å². The highest BCUT2D eigenvalue weighted by molar-refractivity contribution is 9.11. The van der Waals surface area contributed by atoms with Gasteiger partial charge in [-0.2, -0.15) is 0 Å². The van der Waals surface area contributed by atoms with Crippen molar-refractivity contribution in [1.29, 1.82) is 0 Å². The minimum atomic E-state index is 0.813. The summed E-state index contributed by atoms with van der Waals surface area (Å²) >= 11 is 4.88. The number of hydrogen-bond acceptors (Lipinski definition) is 4. The third-order valence-corrected chi connectivity index (χ3v) is 2.76. The van der Waals surface area contributed by atoms with Crippen LogP contribution in [0.5, 0.6) is 0 Å². The number of aromatic nitrogens is 3. The molecule has 2 aromatic rings.